The summed E-state index contributed by atoms with van der Waals surface area (Å²) in [5.41, 5.74) is 4.15. The summed E-state index contributed by atoms with van der Waals surface area (Å²) in [6.07, 6.45) is 0. The largest absolute Gasteiger partial charge is 0.378 e. The Kier molecular flexibility index (Phi) is 5.75. The van der Waals surface area contributed by atoms with E-state index in [1.54, 1.807) is 30.3 Å². The molecule has 0 fully saturated rings. The van der Waals surface area contributed by atoms with Crippen molar-refractivity contribution in [2.24, 2.45) is 0 Å². The van der Waals surface area contributed by atoms with Crippen LogP contribution in [0, 0.1) is 6.92 Å². The number of nitrogens with zero attached hydrogens (tertiary/aromatic N) is 1. The number of hydrogen-bond donors (Lipinski definition) is 2. The number of rotatable bonds is 5. The summed E-state index contributed by atoms with van der Waals surface area (Å²) in [5.74, 6) is -0.427. The fourth-order valence-corrected chi connectivity index (χ4v) is 2.84. The maximum atomic E-state index is 12.6. The summed E-state index contributed by atoms with van der Waals surface area (Å²) >= 11 is 0. The fraction of sp³-hybridized carbons (Fsp3) is 0.130. The van der Waals surface area contributed by atoms with Crippen LogP contribution in [0.4, 0.5) is 17.1 Å². The van der Waals surface area contributed by atoms with Gasteiger partial charge in [-0.25, -0.2) is 0 Å². The van der Waals surface area contributed by atoms with Gasteiger partial charge >= 0.3 is 0 Å². The molecule has 0 bridgehead atoms. The molecule has 5 nitrogen and oxygen atoms in total. The van der Waals surface area contributed by atoms with Gasteiger partial charge in [-0.05, 0) is 61.0 Å². The second-order valence-corrected chi connectivity index (χ2v) is 6.69. The molecule has 0 atom stereocenters. The van der Waals surface area contributed by atoms with Gasteiger partial charge in [0.15, 0.2) is 0 Å². The van der Waals surface area contributed by atoms with Crippen molar-refractivity contribution in [3.05, 3.63) is 89.5 Å². The number of nitrogens with one attached hydrogen (secondary N) is 2. The molecule has 0 aliphatic rings. The van der Waals surface area contributed by atoms with Crippen LogP contribution in [0.2, 0.25) is 0 Å². The summed E-state index contributed by atoms with van der Waals surface area (Å²) in [7, 11) is 3.90. The maximum Gasteiger partial charge on any atom is 0.256 e. The van der Waals surface area contributed by atoms with Crippen LogP contribution in [-0.2, 0) is 0 Å². The smallest absolute Gasteiger partial charge is 0.256 e. The van der Waals surface area contributed by atoms with Crippen molar-refractivity contribution in [3.8, 4) is 0 Å². The van der Waals surface area contributed by atoms with E-state index in [4.69, 9.17) is 0 Å². The molecule has 0 spiro atoms. The quantitative estimate of drug-likeness (QED) is 0.689. The van der Waals surface area contributed by atoms with E-state index >= 15 is 0 Å². The van der Waals surface area contributed by atoms with Crippen molar-refractivity contribution in [1.29, 1.82) is 0 Å². The van der Waals surface area contributed by atoms with Crippen molar-refractivity contribution in [2.45, 2.75) is 6.92 Å². The third-order valence-electron chi connectivity index (χ3n) is 4.50. The Bertz CT molecular complexity index is 980. The highest BCUT2D eigenvalue weighted by molar-refractivity contribution is 6.08. The van der Waals surface area contributed by atoms with Crippen molar-refractivity contribution in [1.82, 2.24) is 0 Å². The number of carbonyl (C=O) groups is 2. The molecule has 0 saturated carbocycles. The van der Waals surface area contributed by atoms with Crippen LogP contribution in [0.15, 0.2) is 72.8 Å². The van der Waals surface area contributed by atoms with Crippen molar-refractivity contribution in [2.75, 3.05) is 29.6 Å². The molecule has 0 aromatic heterocycles. The molecule has 2 amide bonds. The lowest BCUT2D eigenvalue weighted by Crippen LogP contribution is -2.17. The first-order chi connectivity index (χ1) is 13.5. The molecule has 0 unspecified atom stereocenters. The maximum absolute atomic E-state index is 12.6. The van der Waals surface area contributed by atoms with Gasteiger partial charge in [-0.3, -0.25) is 9.59 Å². The lowest BCUT2D eigenvalue weighted by atomic mass is 10.1. The van der Waals surface area contributed by atoms with Gasteiger partial charge in [-0.2, -0.15) is 0 Å². The zero-order valence-corrected chi connectivity index (χ0v) is 16.2. The minimum atomic E-state index is -0.214. The van der Waals surface area contributed by atoms with Crippen LogP contribution in [0.5, 0.6) is 0 Å². The third kappa shape index (κ3) is 4.38. The molecule has 3 aromatic rings. The Morgan fingerprint density at radius 2 is 1.43 bits per heavy atom. The summed E-state index contributed by atoms with van der Waals surface area (Å²) in [6.45, 7) is 1.82. The second-order valence-electron chi connectivity index (χ2n) is 6.69. The van der Waals surface area contributed by atoms with Crippen LogP contribution < -0.4 is 15.5 Å². The van der Waals surface area contributed by atoms with Gasteiger partial charge in [-0.1, -0.05) is 24.3 Å². The first-order valence-corrected chi connectivity index (χ1v) is 9.00. The summed E-state index contributed by atoms with van der Waals surface area (Å²) in [6, 6.07) is 21.9. The monoisotopic (exact) mass is 373 g/mol. The normalized spacial score (nSPS) is 10.2. The Balaban J connectivity index is 1.77. The van der Waals surface area contributed by atoms with Gasteiger partial charge in [-0.15, -0.1) is 0 Å². The standard InChI is InChI=1S/C23H23N3O2/c1-16-20(23(28)24-18-8-5-4-6-9-18)10-7-11-21(16)25-22(27)17-12-14-19(15-13-17)26(2)3/h4-15H,1-3H3,(H,24,28)(H,25,27). The van der Waals surface area contributed by atoms with E-state index < -0.39 is 0 Å². The van der Waals surface area contributed by atoms with Gasteiger partial charge in [0.05, 0.1) is 0 Å². The highest BCUT2D eigenvalue weighted by atomic mass is 16.2. The molecule has 142 valence electrons. The summed E-state index contributed by atoms with van der Waals surface area (Å²) < 4.78 is 0. The molecule has 0 radical (unpaired) electrons. The van der Waals surface area contributed by atoms with Gasteiger partial charge < -0.3 is 15.5 Å². The SMILES string of the molecule is Cc1c(NC(=O)c2ccc(N(C)C)cc2)cccc1C(=O)Nc1ccccc1. The van der Waals surface area contributed by atoms with E-state index in [2.05, 4.69) is 10.6 Å². The molecule has 5 heteroatoms. The number of carbonyl (C=O) groups excluding carboxylic acids is 2. The molecule has 0 aliphatic carbocycles. The van der Waals surface area contributed by atoms with Crippen LogP contribution in [0.25, 0.3) is 0 Å². The lowest BCUT2D eigenvalue weighted by molar-refractivity contribution is 0.101. The number of amides is 2. The van der Waals surface area contributed by atoms with Gasteiger partial charge in [0.1, 0.15) is 0 Å². The van der Waals surface area contributed by atoms with Gasteiger partial charge in [0.2, 0.25) is 0 Å². The molecular formula is C23H23N3O2. The van der Waals surface area contributed by atoms with Crippen LogP contribution in [-0.4, -0.2) is 25.9 Å². The van der Waals surface area contributed by atoms with E-state index in [0.29, 0.717) is 22.4 Å². The average Bonchev–Trinajstić information content (AvgIpc) is 2.70. The minimum Gasteiger partial charge on any atom is -0.378 e. The second kappa shape index (κ2) is 8.39. The van der Waals surface area contributed by atoms with Crippen molar-refractivity contribution >= 4 is 28.9 Å². The zero-order valence-electron chi connectivity index (χ0n) is 16.2. The topological polar surface area (TPSA) is 61.4 Å². The molecule has 0 saturated heterocycles. The molecule has 0 heterocycles. The Hall–Kier alpha value is -3.60. The Morgan fingerprint density at radius 1 is 0.750 bits per heavy atom. The third-order valence-corrected chi connectivity index (χ3v) is 4.50. The van der Waals surface area contributed by atoms with Gasteiger partial charge in [0, 0.05) is 42.3 Å². The highest BCUT2D eigenvalue weighted by Gasteiger charge is 2.14. The van der Waals surface area contributed by atoms with E-state index in [1.165, 1.54) is 0 Å². The van der Waals surface area contributed by atoms with E-state index in [-0.39, 0.29) is 11.8 Å². The Labute approximate surface area is 165 Å². The van der Waals surface area contributed by atoms with Gasteiger partial charge in [0.25, 0.3) is 11.8 Å². The summed E-state index contributed by atoms with van der Waals surface area (Å²) in [5, 5.41) is 5.77. The minimum absolute atomic E-state index is 0.213. The summed E-state index contributed by atoms with van der Waals surface area (Å²) in [4.78, 5) is 27.2. The lowest BCUT2D eigenvalue weighted by Gasteiger charge is -2.14. The van der Waals surface area contributed by atoms with Crippen LogP contribution in [0.1, 0.15) is 26.3 Å². The molecule has 3 aromatic carbocycles. The van der Waals surface area contributed by atoms with E-state index in [1.807, 2.05) is 68.4 Å². The average molecular weight is 373 g/mol. The fourth-order valence-electron chi connectivity index (χ4n) is 2.84. The zero-order chi connectivity index (χ0) is 20.1. The van der Waals surface area contributed by atoms with E-state index in [9.17, 15) is 9.59 Å². The number of hydrogen-bond acceptors (Lipinski definition) is 3. The Morgan fingerprint density at radius 3 is 2.07 bits per heavy atom. The molecule has 28 heavy (non-hydrogen) atoms. The molecular weight excluding hydrogens is 350 g/mol. The first-order valence-electron chi connectivity index (χ1n) is 9.00. The predicted octanol–water partition coefficient (Wildman–Crippen LogP) is 4.57. The predicted molar refractivity (Wildman–Crippen MR) is 114 cm³/mol. The van der Waals surface area contributed by atoms with Crippen molar-refractivity contribution < 1.29 is 9.59 Å². The number of anilines is 3. The van der Waals surface area contributed by atoms with Crippen LogP contribution >= 0.6 is 0 Å². The number of para-hydroxylation sites is 1. The highest BCUT2D eigenvalue weighted by Crippen LogP contribution is 2.21. The molecule has 2 N–H and O–H groups in total. The number of benzene rings is 3. The first kappa shape index (κ1) is 19.2. The van der Waals surface area contributed by atoms with Crippen molar-refractivity contribution in [3.63, 3.8) is 0 Å². The van der Waals surface area contributed by atoms with Crippen LogP contribution in [0.3, 0.4) is 0 Å². The van der Waals surface area contributed by atoms with E-state index in [0.717, 1.165) is 11.4 Å². The molecule has 3 rings (SSSR count). The molecule has 0 aliphatic heterocycles.